The molecule has 0 spiro atoms. The zero-order valence-electron chi connectivity index (χ0n) is 12.1. The topological polar surface area (TPSA) is 47.3 Å². The van der Waals surface area contributed by atoms with Crippen LogP contribution in [-0.4, -0.2) is 19.2 Å². The summed E-state index contributed by atoms with van der Waals surface area (Å²) in [5.74, 6) is -0.105. The molecule has 0 radical (unpaired) electrons. The van der Waals surface area contributed by atoms with Crippen LogP contribution in [0.3, 0.4) is 0 Å². The number of nitrogens with two attached hydrogens (primary N) is 1. The predicted molar refractivity (Wildman–Crippen MR) is 78.2 cm³/mol. The number of rotatable bonds is 8. The van der Waals surface area contributed by atoms with Crippen LogP contribution >= 0.6 is 0 Å². The van der Waals surface area contributed by atoms with Crippen molar-refractivity contribution >= 4 is 5.69 Å². The molecule has 0 aromatic heterocycles. The van der Waals surface area contributed by atoms with Crippen molar-refractivity contribution in [1.82, 2.24) is 0 Å². The maximum absolute atomic E-state index is 13.4. The van der Waals surface area contributed by atoms with Crippen LogP contribution in [0.2, 0.25) is 0 Å². The third-order valence-corrected chi connectivity index (χ3v) is 3.38. The van der Waals surface area contributed by atoms with E-state index in [1.807, 2.05) is 0 Å². The Labute approximate surface area is 115 Å². The first-order valence-electron chi connectivity index (χ1n) is 6.86. The van der Waals surface area contributed by atoms with Gasteiger partial charge in [-0.05, 0) is 25.5 Å². The van der Waals surface area contributed by atoms with Gasteiger partial charge in [-0.15, -0.1) is 0 Å². The molecule has 0 aliphatic rings. The van der Waals surface area contributed by atoms with Gasteiger partial charge in [-0.2, -0.15) is 0 Å². The number of anilines is 1. The molecule has 108 valence electrons. The molecule has 1 unspecified atom stereocenters. The van der Waals surface area contributed by atoms with E-state index >= 15 is 0 Å². The lowest BCUT2D eigenvalue weighted by molar-refractivity contribution is 0.386. The first-order valence-corrected chi connectivity index (χ1v) is 6.86. The van der Waals surface area contributed by atoms with E-state index in [1.54, 1.807) is 12.1 Å². The van der Waals surface area contributed by atoms with Gasteiger partial charge >= 0.3 is 0 Å². The van der Waals surface area contributed by atoms with Gasteiger partial charge in [0.2, 0.25) is 0 Å². The minimum Gasteiger partial charge on any atom is -0.494 e. The molecule has 1 atom stereocenters. The fourth-order valence-electron chi connectivity index (χ4n) is 2.07. The zero-order valence-corrected chi connectivity index (χ0v) is 12.1. The van der Waals surface area contributed by atoms with Gasteiger partial charge in [0.15, 0.2) is 11.6 Å². The summed E-state index contributed by atoms with van der Waals surface area (Å²) in [7, 11) is 1.46. The van der Waals surface area contributed by atoms with Crippen LogP contribution < -0.4 is 15.8 Å². The molecule has 1 rings (SSSR count). The maximum Gasteiger partial charge on any atom is 0.165 e. The fraction of sp³-hybridized carbons (Fsp3) is 0.600. The number of halogens is 1. The molecule has 0 bridgehead atoms. The van der Waals surface area contributed by atoms with Crippen LogP contribution in [-0.2, 0) is 0 Å². The second kappa shape index (κ2) is 7.34. The molecule has 0 saturated heterocycles. The highest BCUT2D eigenvalue weighted by atomic mass is 19.1. The molecule has 3 nitrogen and oxygen atoms in total. The summed E-state index contributed by atoms with van der Waals surface area (Å²) in [5, 5.41) is 3.39. The molecule has 1 aromatic rings. The third kappa shape index (κ3) is 4.71. The smallest absolute Gasteiger partial charge is 0.165 e. The lowest BCUT2D eigenvalue weighted by Gasteiger charge is -2.31. The molecule has 1 aromatic carbocycles. The van der Waals surface area contributed by atoms with Crippen LogP contribution in [0.5, 0.6) is 5.75 Å². The molecule has 0 heterocycles. The number of nitrogens with one attached hydrogen (secondary N) is 1. The number of methoxy groups -OCH3 is 1. The van der Waals surface area contributed by atoms with Gasteiger partial charge in [0, 0.05) is 23.8 Å². The molecule has 0 fully saturated rings. The standard InChI is InChI=1S/C15H25FN2O/c1-4-5-6-9-15(2,11-17)18-12-7-8-13(16)14(10-12)19-3/h7-8,10,18H,4-6,9,11,17H2,1-3H3. The Morgan fingerprint density at radius 3 is 2.68 bits per heavy atom. The fourth-order valence-corrected chi connectivity index (χ4v) is 2.07. The van der Waals surface area contributed by atoms with Crippen molar-refractivity contribution in [1.29, 1.82) is 0 Å². The van der Waals surface area contributed by atoms with Gasteiger partial charge in [-0.25, -0.2) is 4.39 Å². The minimum atomic E-state index is -0.353. The van der Waals surface area contributed by atoms with Crippen LogP contribution in [0.25, 0.3) is 0 Å². The van der Waals surface area contributed by atoms with Gasteiger partial charge in [0.05, 0.1) is 7.11 Å². The van der Waals surface area contributed by atoms with E-state index < -0.39 is 0 Å². The van der Waals surface area contributed by atoms with E-state index in [-0.39, 0.29) is 17.1 Å². The van der Waals surface area contributed by atoms with Crippen LogP contribution in [0.15, 0.2) is 18.2 Å². The lowest BCUT2D eigenvalue weighted by atomic mass is 9.94. The molecular weight excluding hydrogens is 243 g/mol. The number of benzene rings is 1. The lowest BCUT2D eigenvalue weighted by Crippen LogP contribution is -2.42. The highest BCUT2D eigenvalue weighted by Crippen LogP contribution is 2.25. The highest BCUT2D eigenvalue weighted by molar-refractivity contribution is 5.50. The van der Waals surface area contributed by atoms with Gasteiger partial charge in [0.25, 0.3) is 0 Å². The molecule has 3 N–H and O–H groups in total. The molecule has 0 aliphatic carbocycles. The monoisotopic (exact) mass is 268 g/mol. The van der Waals surface area contributed by atoms with E-state index in [0.29, 0.717) is 6.54 Å². The van der Waals surface area contributed by atoms with Crippen molar-refractivity contribution in [3.05, 3.63) is 24.0 Å². The first-order chi connectivity index (χ1) is 9.04. The highest BCUT2D eigenvalue weighted by Gasteiger charge is 2.21. The molecule has 0 amide bonds. The Bertz CT molecular complexity index is 398. The van der Waals surface area contributed by atoms with E-state index in [2.05, 4.69) is 19.2 Å². The van der Waals surface area contributed by atoms with Gasteiger partial charge in [0.1, 0.15) is 0 Å². The second-order valence-corrected chi connectivity index (χ2v) is 5.20. The average molecular weight is 268 g/mol. The summed E-state index contributed by atoms with van der Waals surface area (Å²) < 4.78 is 18.3. The molecule has 0 aliphatic heterocycles. The SMILES string of the molecule is CCCCCC(C)(CN)Nc1ccc(F)c(OC)c1. The van der Waals surface area contributed by atoms with Gasteiger partial charge in [-0.1, -0.05) is 26.2 Å². The third-order valence-electron chi connectivity index (χ3n) is 3.38. The van der Waals surface area contributed by atoms with Crippen LogP contribution in [0, 0.1) is 5.82 Å². The molecule has 0 saturated carbocycles. The average Bonchev–Trinajstić information content (AvgIpc) is 2.41. The van der Waals surface area contributed by atoms with Crippen molar-refractivity contribution in [3.63, 3.8) is 0 Å². The van der Waals surface area contributed by atoms with Crippen molar-refractivity contribution in [2.75, 3.05) is 19.0 Å². The van der Waals surface area contributed by atoms with E-state index in [0.717, 1.165) is 18.5 Å². The number of unbranched alkanes of at least 4 members (excludes halogenated alkanes) is 2. The van der Waals surface area contributed by atoms with Crippen LogP contribution in [0.4, 0.5) is 10.1 Å². The minimum absolute atomic E-state index is 0.169. The molecule has 4 heteroatoms. The Balaban J connectivity index is 2.74. The summed E-state index contributed by atoms with van der Waals surface area (Å²) in [4.78, 5) is 0. The Kier molecular flexibility index (Phi) is 6.09. The largest absolute Gasteiger partial charge is 0.494 e. The Morgan fingerprint density at radius 2 is 2.11 bits per heavy atom. The van der Waals surface area contributed by atoms with Crippen molar-refractivity contribution in [3.8, 4) is 5.75 Å². The normalized spacial score (nSPS) is 13.9. The van der Waals surface area contributed by atoms with Crippen LogP contribution in [0.1, 0.15) is 39.5 Å². The first kappa shape index (κ1) is 15.8. The quantitative estimate of drug-likeness (QED) is 0.709. The van der Waals surface area contributed by atoms with E-state index in [9.17, 15) is 4.39 Å². The second-order valence-electron chi connectivity index (χ2n) is 5.20. The van der Waals surface area contributed by atoms with Crippen molar-refractivity contribution in [2.45, 2.75) is 45.1 Å². The number of hydrogen-bond acceptors (Lipinski definition) is 3. The van der Waals surface area contributed by atoms with Gasteiger partial charge < -0.3 is 15.8 Å². The number of hydrogen-bond donors (Lipinski definition) is 2. The molecule has 19 heavy (non-hydrogen) atoms. The summed E-state index contributed by atoms with van der Waals surface area (Å²) in [6, 6.07) is 4.79. The van der Waals surface area contributed by atoms with Crippen molar-refractivity contribution in [2.24, 2.45) is 5.73 Å². The Morgan fingerprint density at radius 1 is 1.37 bits per heavy atom. The zero-order chi connectivity index (χ0) is 14.3. The van der Waals surface area contributed by atoms with Crippen molar-refractivity contribution < 1.29 is 9.13 Å². The van der Waals surface area contributed by atoms with E-state index in [4.69, 9.17) is 10.5 Å². The van der Waals surface area contributed by atoms with Gasteiger partial charge in [-0.3, -0.25) is 0 Å². The maximum atomic E-state index is 13.4. The summed E-state index contributed by atoms with van der Waals surface area (Å²) in [6.07, 6.45) is 4.52. The Hall–Kier alpha value is -1.29. The summed E-state index contributed by atoms with van der Waals surface area (Å²) in [6.45, 7) is 4.81. The molecular formula is C15H25FN2O. The number of ether oxygens (including phenoxy) is 1. The summed E-state index contributed by atoms with van der Waals surface area (Å²) >= 11 is 0. The predicted octanol–water partition coefficient (Wildman–Crippen LogP) is 3.54. The van der Waals surface area contributed by atoms with E-state index in [1.165, 1.54) is 26.0 Å². The summed E-state index contributed by atoms with van der Waals surface area (Å²) in [5.41, 5.74) is 6.54.